The van der Waals surface area contributed by atoms with Crippen molar-refractivity contribution in [3.8, 4) is 0 Å². The molecule has 1 saturated heterocycles. The first-order valence-corrected chi connectivity index (χ1v) is 8.42. The molecule has 0 aromatic heterocycles. The van der Waals surface area contributed by atoms with Crippen molar-refractivity contribution in [1.29, 1.82) is 0 Å². The van der Waals surface area contributed by atoms with Gasteiger partial charge in [0.1, 0.15) is 0 Å². The maximum absolute atomic E-state index is 12.8. The third-order valence-corrected chi connectivity index (χ3v) is 6.13. The van der Waals surface area contributed by atoms with Gasteiger partial charge in [-0.05, 0) is 50.8 Å². The predicted molar refractivity (Wildman–Crippen MR) is 79.7 cm³/mol. The van der Waals surface area contributed by atoms with Crippen LogP contribution >= 0.6 is 0 Å². The minimum atomic E-state index is -3.65. The van der Waals surface area contributed by atoms with E-state index in [2.05, 4.69) is 0 Å². The summed E-state index contributed by atoms with van der Waals surface area (Å²) in [5, 5.41) is 9.33. The normalized spacial score (nSPS) is 24.0. The van der Waals surface area contributed by atoms with Crippen LogP contribution in [0.5, 0.6) is 0 Å². The number of carbonyl (C=O) groups is 1. The fourth-order valence-electron chi connectivity index (χ4n) is 2.70. The number of carboxylic acids is 1. The molecule has 1 unspecified atom stereocenters. The lowest BCUT2D eigenvalue weighted by Crippen LogP contribution is -2.48. The Morgan fingerprint density at radius 3 is 2.62 bits per heavy atom. The summed E-state index contributed by atoms with van der Waals surface area (Å²) < 4.78 is 26.9. The molecule has 5 nitrogen and oxygen atoms in total. The van der Waals surface area contributed by atoms with Gasteiger partial charge in [-0.2, -0.15) is 4.31 Å². The van der Waals surface area contributed by atoms with Gasteiger partial charge in [-0.3, -0.25) is 4.79 Å². The molecule has 0 radical (unpaired) electrons. The Morgan fingerprint density at radius 2 is 2.00 bits per heavy atom. The minimum Gasteiger partial charge on any atom is -0.481 e. The molecule has 1 aliphatic rings. The van der Waals surface area contributed by atoms with Gasteiger partial charge in [-0.1, -0.05) is 12.1 Å². The number of hydrogen-bond donors (Lipinski definition) is 1. The van der Waals surface area contributed by atoms with Gasteiger partial charge in [0.15, 0.2) is 0 Å². The summed E-state index contributed by atoms with van der Waals surface area (Å²) in [5.41, 5.74) is 0.545. The van der Waals surface area contributed by atoms with Crippen molar-refractivity contribution < 1.29 is 18.3 Å². The van der Waals surface area contributed by atoms with Crippen LogP contribution < -0.4 is 0 Å². The lowest BCUT2D eigenvalue weighted by molar-refractivity contribution is -0.150. The molecule has 116 valence electrons. The molecular weight excluding hydrogens is 290 g/mol. The molecule has 1 heterocycles. The minimum absolute atomic E-state index is 0.0258. The molecule has 6 heteroatoms. The third-order valence-electron chi connectivity index (χ3n) is 4.14. The second-order valence-electron chi connectivity index (χ2n) is 6.08. The van der Waals surface area contributed by atoms with Crippen LogP contribution in [0.2, 0.25) is 0 Å². The first-order valence-electron chi connectivity index (χ1n) is 6.98. The van der Waals surface area contributed by atoms with Crippen LogP contribution in [0.4, 0.5) is 0 Å². The monoisotopic (exact) mass is 311 g/mol. The lowest BCUT2D eigenvalue weighted by atomic mass is 9.83. The zero-order chi connectivity index (χ0) is 15.8. The molecule has 0 aliphatic carbocycles. The van der Waals surface area contributed by atoms with E-state index in [9.17, 15) is 18.3 Å². The first kappa shape index (κ1) is 16.0. The molecular formula is C15H21NO4S. The maximum atomic E-state index is 12.8. The van der Waals surface area contributed by atoms with Crippen molar-refractivity contribution >= 4 is 16.0 Å². The van der Waals surface area contributed by atoms with E-state index in [1.54, 1.807) is 26.0 Å². The highest BCUT2D eigenvalue weighted by Crippen LogP contribution is 2.33. The number of sulfonamides is 1. The van der Waals surface area contributed by atoms with Crippen LogP contribution in [0.3, 0.4) is 0 Å². The molecule has 1 aromatic carbocycles. The standard InChI is InChI=1S/C15H21NO4S/c1-11-5-6-12(2)13(9-11)21(19,20)16-8-4-7-15(3,10-16)14(17)18/h5-6,9H,4,7-8,10H2,1-3H3,(H,17,18). The summed E-state index contributed by atoms with van der Waals surface area (Å²) in [6.07, 6.45) is 1.06. The van der Waals surface area contributed by atoms with Gasteiger partial charge >= 0.3 is 5.97 Å². The predicted octanol–water partition coefficient (Wildman–Crippen LogP) is 2.18. The van der Waals surface area contributed by atoms with Crippen LogP contribution in [0, 0.1) is 19.3 Å². The molecule has 1 aliphatic heterocycles. The van der Waals surface area contributed by atoms with Crippen LogP contribution in [-0.2, 0) is 14.8 Å². The average molecular weight is 311 g/mol. The third kappa shape index (κ3) is 2.96. The molecule has 0 bridgehead atoms. The molecule has 2 rings (SSSR count). The fraction of sp³-hybridized carbons (Fsp3) is 0.533. The Balaban J connectivity index is 2.40. The summed E-state index contributed by atoms with van der Waals surface area (Å²) in [4.78, 5) is 11.7. The topological polar surface area (TPSA) is 74.7 Å². The van der Waals surface area contributed by atoms with Crippen LogP contribution in [-0.4, -0.2) is 36.9 Å². The molecule has 0 spiro atoms. The Bertz CT molecular complexity index is 668. The summed E-state index contributed by atoms with van der Waals surface area (Å²) in [5.74, 6) is -0.941. The van der Waals surface area contributed by atoms with Gasteiger partial charge in [0, 0.05) is 13.1 Å². The largest absolute Gasteiger partial charge is 0.481 e. The van der Waals surface area contributed by atoms with Crippen LogP contribution in [0.25, 0.3) is 0 Å². The number of aryl methyl sites for hydroxylation is 2. The first-order chi connectivity index (χ1) is 9.67. The second kappa shape index (κ2) is 5.42. The van der Waals surface area contributed by atoms with E-state index in [0.29, 0.717) is 24.9 Å². The van der Waals surface area contributed by atoms with E-state index < -0.39 is 21.4 Å². The van der Waals surface area contributed by atoms with Crippen molar-refractivity contribution in [3.63, 3.8) is 0 Å². The molecule has 1 fully saturated rings. The molecule has 0 saturated carbocycles. The number of nitrogens with zero attached hydrogens (tertiary/aromatic N) is 1. The lowest BCUT2D eigenvalue weighted by Gasteiger charge is -2.36. The van der Waals surface area contributed by atoms with E-state index in [0.717, 1.165) is 5.56 Å². The van der Waals surface area contributed by atoms with Crippen molar-refractivity contribution in [1.82, 2.24) is 4.31 Å². The summed E-state index contributed by atoms with van der Waals surface area (Å²) in [6.45, 7) is 5.61. The second-order valence-corrected chi connectivity index (χ2v) is 7.98. The molecule has 1 aromatic rings. The van der Waals surface area contributed by atoms with Crippen LogP contribution in [0.1, 0.15) is 30.9 Å². The van der Waals surface area contributed by atoms with Crippen LogP contribution in [0.15, 0.2) is 23.1 Å². The highest BCUT2D eigenvalue weighted by atomic mass is 32.2. The number of benzene rings is 1. The Hall–Kier alpha value is -1.40. The van der Waals surface area contributed by atoms with E-state index in [4.69, 9.17) is 0 Å². The van der Waals surface area contributed by atoms with Gasteiger partial charge in [0.05, 0.1) is 10.3 Å². The summed E-state index contributed by atoms with van der Waals surface area (Å²) in [7, 11) is -3.65. The van der Waals surface area contributed by atoms with Gasteiger partial charge in [0.25, 0.3) is 0 Å². The SMILES string of the molecule is Cc1ccc(C)c(S(=O)(=O)N2CCCC(C)(C(=O)O)C2)c1. The zero-order valence-electron chi connectivity index (χ0n) is 12.6. The van der Waals surface area contributed by atoms with E-state index in [1.165, 1.54) is 4.31 Å². The average Bonchev–Trinajstić information content (AvgIpc) is 2.41. The fourth-order valence-corrected chi connectivity index (χ4v) is 4.61. The van der Waals surface area contributed by atoms with Gasteiger partial charge in [0.2, 0.25) is 10.0 Å². The molecule has 21 heavy (non-hydrogen) atoms. The number of aliphatic carboxylic acids is 1. The number of hydrogen-bond acceptors (Lipinski definition) is 3. The van der Waals surface area contributed by atoms with Crippen molar-refractivity contribution in [2.45, 2.75) is 38.5 Å². The van der Waals surface area contributed by atoms with Gasteiger partial charge in [-0.25, -0.2) is 8.42 Å². The quantitative estimate of drug-likeness (QED) is 0.928. The maximum Gasteiger partial charge on any atom is 0.310 e. The zero-order valence-corrected chi connectivity index (χ0v) is 13.4. The Labute approximate surface area is 125 Å². The van der Waals surface area contributed by atoms with Gasteiger partial charge in [-0.15, -0.1) is 0 Å². The van der Waals surface area contributed by atoms with E-state index in [1.807, 2.05) is 13.0 Å². The van der Waals surface area contributed by atoms with Crippen molar-refractivity contribution in [2.24, 2.45) is 5.41 Å². The summed E-state index contributed by atoms with van der Waals surface area (Å²) in [6, 6.07) is 5.30. The van der Waals surface area contributed by atoms with E-state index in [-0.39, 0.29) is 11.4 Å². The highest BCUT2D eigenvalue weighted by Gasteiger charge is 2.42. The number of carboxylic acid groups (broad SMARTS) is 1. The molecule has 1 atom stereocenters. The Morgan fingerprint density at radius 1 is 1.33 bits per heavy atom. The summed E-state index contributed by atoms with van der Waals surface area (Å²) >= 11 is 0. The van der Waals surface area contributed by atoms with Crippen molar-refractivity contribution in [3.05, 3.63) is 29.3 Å². The number of piperidine rings is 1. The highest BCUT2D eigenvalue weighted by molar-refractivity contribution is 7.89. The van der Waals surface area contributed by atoms with Crippen molar-refractivity contribution in [2.75, 3.05) is 13.1 Å². The van der Waals surface area contributed by atoms with Gasteiger partial charge < -0.3 is 5.11 Å². The number of rotatable bonds is 3. The molecule has 0 amide bonds. The smallest absolute Gasteiger partial charge is 0.310 e. The van der Waals surface area contributed by atoms with E-state index >= 15 is 0 Å². The Kier molecular flexibility index (Phi) is 4.13. The molecule has 1 N–H and O–H groups in total.